The van der Waals surface area contributed by atoms with Crippen molar-refractivity contribution in [1.82, 2.24) is 15.3 Å². The van der Waals surface area contributed by atoms with Gasteiger partial charge in [0.1, 0.15) is 15.7 Å². The molecule has 19 heavy (non-hydrogen) atoms. The van der Waals surface area contributed by atoms with Gasteiger partial charge in [0.15, 0.2) is 0 Å². The molecule has 3 N–H and O–H groups in total. The van der Waals surface area contributed by atoms with Crippen LogP contribution in [-0.4, -0.2) is 15.9 Å². The number of hydrogen-bond acceptors (Lipinski definition) is 6. The molecule has 2 atom stereocenters. The number of nitrogens with zero attached hydrogens (tertiary/aromatic N) is 2. The van der Waals surface area contributed by atoms with Crippen molar-refractivity contribution in [2.24, 2.45) is 5.73 Å². The summed E-state index contributed by atoms with van der Waals surface area (Å²) in [6, 6.07) is -0.266. The van der Waals surface area contributed by atoms with Gasteiger partial charge in [0.05, 0.1) is 12.1 Å². The summed E-state index contributed by atoms with van der Waals surface area (Å²) in [5, 5.41) is 8.25. The van der Waals surface area contributed by atoms with Gasteiger partial charge < -0.3 is 11.1 Å². The molecule has 1 amide bonds. The van der Waals surface area contributed by atoms with Crippen molar-refractivity contribution >= 4 is 28.6 Å². The van der Waals surface area contributed by atoms with Gasteiger partial charge in [-0.05, 0) is 20.8 Å². The van der Waals surface area contributed by atoms with Gasteiger partial charge in [0.25, 0.3) is 5.91 Å². The largest absolute Gasteiger partial charge is 0.342 e. The van der Waals surface area contributed by atoms with Crippen LogP contribution in [-0.2, 0) is 0 Å². The molecule has 0 aliphatic rings. The minimum absolute atomic E-state index is 0.119. The number of aromatic nitrogens is 2. The molecule has 0 radical (unpaired) electrons. The first-order valence-electron chi connectivity index (χ1n) is 5.91. The third kappa shape index (κ3) is 3.37. The van der Waals surface area contributed by atoms with E-state index in [1.54, 1.807) is 16.7 Å². The standard InChI is InChI=1S/C12H16N4OS2/c1-6-4-18-12(14-6)8(3)15-10(17)9-5-19-11(16-9)7(2)13/h4-5,7-8H,13H2,1-3H3,(H,15,17). The molecule has 0 spiro atoms. The maximum Gasteiger partial charge on any atom is 0.271 e. The van der Waals surface area contributed by atoms with Crippen LogP contribution in [0.5, 0.6) is 0 Å². The summed E-state index contributed by atoms with van der Waals surface area (Å²) in [6.07, 6.45) is 0. The maximum atomic E-state index is 12.0. The molecule has 0 saturated heterocycles. The summed E-state index contributed by atoms with van der Waals surface area (Å²) in [4.78, 5) is 20.6. The molecular weight excluding hydrogens is 280 g/mol. The Morgan fingerprint density at radius 1 is 1.26 bits per heavy atom. The molecule has 2 unspecified atom stereocenters. The average molecular weight is 296 g/mol. The number of rotatable bonds is 4. The summed E-state index contributed by atoms with van der Waals surface area (Å²) in [6.45, 7) is 5.69. The highest BCUT2D eigenvalue weighted by Gasteiger charge is 2.17. The van der Waals surface area contributed by atoms with Gasteiger partial charge in [-0.1, -0.05) is 0 Å². The van der Waals surface area contributed by atoms with Gasteiger partial charge in [0.2, 0.25) is 0 Å². The first-order valence-corrected chi connectivity index (χ1v) is 7.67. The van der Waals surface area contributed by atoms with Crippen LogP contribution in [0.1, 0.15) is 52.1 Å². The van der Waals surface area contributed by atoms with Crippen molar-refractivity contribution in [3.63, 3.8) is 0 Å². The van der Waals surface area contributed by atoms with Crippen LogP contribution < -0.4 is 11.1 Å². The lowest BCUT2D eigenvalue weighted by Gasteiger charge is -2.09. The minimum Gasteiger partial charge on any atom is -0.342 e. The molecule has 0 bridgehead atoms. The van der Waals surface area contributed by atoms with E-state index in [4.69, 9.17) is 5.73 Å². The van der Waals surface area contributed by atoms with Crippen LogP contribution in [0.25, 0.3) is 0 Å². The lowest BCUT2D eigenvalue weighted by molar-refractivity contribution is 0.0935. The van der Waals surface area contributed by atoms with Crippen molar-refractivity contribution in [3.8, 4) is 0 Å². The highest BCUT2D eigenvalue weighted by Crippen LogP contribution is 2.19. The van der Waals surface area contributed by atoms with Crippen LogP contribution in [0.15, 0.2) is 10.8 Å². The normalized spacial score (nSPS) is 14.1. The van der Waals surface area contributed by atoms with E-state index >= 15 is 0 Å². The van der Waals surface area contributed by atoms with Crippen LogP contribution in [0, 0.1) is 6.92 Å². The Morgan fingerprint density at radius 3 is 2.47 bits per heavy atom. The summed E-state index contributed by atoms with van der Waals surface area (Å²) in [5.41, 5.74) is 7.11. The lowest BCUT2D eigenvalue weighted by atomic mass is 10.3. The minimum atomic E-state index is -0.191. The molecule has 5 nitrogen and oxygen atoms in total. The Labute approximate surface area is 119 Å². The van der Waals surface area contributed by atoms with Gasteiger partial charge >= 0.3 is 0 Å². The van der Waals surface area contributed by atoms with Crippen LogP contribution in [0.4, 0.5) is 0 Å². The Morgan fingerprint density at radius 2 is 1.95 bits per heavy atom. The smallest absolute Gasteiger partial charge is 0.271 e. The number of thiazole rings is 2. The van der Waals surface area contributed by atoms with Crippen LogP contribution >= 0.6 is 22.7 Å². The zero-order valence-electron chi connectivity index (χ0n) is 11.0. The van der Waals surface area contributed by atoms with E-state index in [-0.39, 0.29) is 18.0 Å². The number of hydrogen-bond donors (Lipinski definition) is 2. The average Bonchev–Trinajstić information content (AvgIpc) is 2.96. The molecule has 102 valence electrons. The van der Waals surface area contributed by atoms with Crippen molar-refractivity contribution in [3.05, 3.63) is 32.2 Å². The fourth-order valence-corrected chi connectivity index (χ4v) is 3.07. The number of carbonyl (C=O) groups is 1. The summed E-state index contributed by atoms with van der Waals surface area (Å²) in [7, 11) is 0. The van der Waals surface area contributed by atoms with Gasteiger partial charge in [-0.15, -0.1) is 22.7 Å². The third-order valence-corrected chi connectivity index (χ3v) is 4.69. The number of nitrogens with two attached hydrogens (primary N) is 1. The molecule has 0 aliphatic heterocycles. The van der Waals surface area contributed by atoms with E-state index in [9.17, 15) is 4.79 Å². The van der Waals surface area contributed by atoms with E-state index in [1.807, 2.05) is 26.2 Å². The first kappa shape index (κ1) is 14.1. The molecule has 2 rings (SSSR count). The molecule has 0 saturated carbocycles. The van der Waals surface area contributed by atoms with E-state index in [0.29, 0.717) is 5.69 Å². The van der Waals surface area contributed by atoms with Crippen molar-refractivity contribution in [2.45, 2.75) is 32.9 Å². The van der Waals surface area contributed by atoms with E-state index in [0.717, 1.165) is 15.7 Å². The summed E-state index contributed by atoms with van der Waals surface area (Å²) < 4.78 is 0. The Hall–Kier alpha value is -1.31. The maximum absolute atomic E-state index is 12.0. The molecule has 2 aromatic heterocycles. The highest BCUT2D eigenvalue weighted by molar-refractivity contribution is 7.10. The van der Waals surface area contributed by atoms with Crippen LogP contribution in [0.3, 0.4) is 0 Å². The first-order chi connectivity index (χ1) is 8.97. The molecule has 0 aliphatic carbocycles. The SMILES string of the molecule is Cc1csc(C(C)NC(=O)c2csc(C(C)N)n2)n1. The molecule has 2 heterocycles. The monoisotopic (exact) mass is 296 g/mol. The predicted octanol–water partition coefficient (Wildman–Crippen LogP) is 2.42. The zero-order valence-corrected chi connectivity index (χ0v) is 12.6. The molecule has 7 heteroatoms. The topological polar surface area (TPSA) is 80.9 Å². The molecule has 0 aromatic carbocycles. The summed E-state index contributed by atoms with van der Waals surface area (Å²) in [5.74, 6) is -0.191. The van der Waals surface area contributed by atoms with Crippen molar-refractivity contribution < 1.29 is 4.79 Å². The molecular formula is C12H16N4OS2. The van der Waals surface area contributed by atoms with Crippen molar-refractivity contribution in [1.29, 1.82) is 0 Å². The van der Waals surface area contributed by atoms with Gasteiger partial charge in [0, 0.05) is 16.5 Å². The van der Waals surface area contributed by atoms with Crippen molar-refractivity contribution in [2.75, 3.05) is 0 Å². The highest BCUT2D eigenvalue weighted by atomic mass is 32.1. The fraction of sp³-hybridized carbons (Fsp3) is 0.417. The van der Waals surface area contributed by atoms with Gasteiger partial charge in [-0.2, -0.15) is 0 Å². The van der Waals surface area contributed by atoms with E-state index in [2.05, 4.69) is 15.3 Å². The summed E-state index contributed by atoms with van der Waals surface area (Å²) >= 11 is 2.94. The second kappa shape index (κ2) is 5.77. The second-order valence-electron chi connectivity index (χ2n) is 4.38. The Kier molecular flexibility index (Phi) is 4.28. The molecule has 2 aromatic rings. The number of nitrogens with one attached hydrogen (secondary N) is 1. The Balaban J connectivity index is 2.04. The molecule has 0 fully saturated rings. The fourth-order valence-electron chi connectivity index (χ4n) is 1.50. The number of aryl methyl sites for hydroxylation is 1. The Bertz CT molecular complexity index is 576. The van der Waals surface area contributed by atoms with E-state index in [1.165, 1.54) is 11.3 Å². The van der Waals surface area contributed by atoms with E-state index < -0.39 is 0 Å². The number of amides is 1. The van der Waals surface area contributed by atoms with Crippen LogP contribution in [0.2, 0.25) is 0 Å². The number of carbonyl (C=O) groups excluding carboxylic acids is 1. The third-order valence-electron chi connectivity index (χ3n) is 2.50. The zero-order chi connectivity index (χ0) is 14.0. The van der Waals surface area contributed by atoms with Gasteiger partial charge in [-0.25, -0.2) is 9.97 Å². The van der Waals surface area contributed by atoms with Gasteiger partial charge in [-0.3, -0.25) is 4.79 Å². The second-order valence-corrected chi connectivity index (χ2v) is 6.16. The lowest BCUT2D eigenvalue weighted by Crippen LogP contribution is -2.27. The quantitative estimate of drug-likeness (QED) is 0.908. The predicted molar refractivity (Wildman–Crippen MR) is 77.4 cm³/mol.